The normalized spacial score (nSPS) is 25.1. The van der Waals surface area contributed by atoms with E-state index in [4.69, 9.17) is 9.47 Å². The molecule has 0 aliphatic carbocycles. The molecule has 0 saturated carbocycles. The predicted molar refractivity (Wildman–Crippen MR) is 110 cm³/mol. The maximum Gasteiger partial charge on any atom is 0.414 e. The minimum Gasteiger partial charge on any atom is -0.442 e. The molecule has 10 heteroatoms. The molecular formula is C21H27FN4O5. The predicted octanol–water partition coefficient (Wildman–Crippen LogP) is 0.828. The summed E-state index contributed by atoms with van der Waals surface area (Å²) in [4.78, 5) is 40.5. The van der Waals surface area contributed by atoms with Crippen LogP contribution < -0.4 is 15.1 Å². The lowest BCUT2D eigenvalue weighted by Gasteiger charge is -2.24. The molecule has 3 heterocycles. The van der Waals surface area contributed by atoms with Gasteiger partial charge in [-0.3, -0.25) is 14.5 Å². The lowest BCUT2D eigenvalue weighted by atomic mass is 10.0. The average Bonchev–Trinajstić information content (AvgIpc) is 3.39. The highest BCUT2D eigenvalue weighted by molar-refractivity contribution is 5.90. The highest BCUT2D eigenvalue weighted by Gasteiger charge is 2.42. The van der Waals surface area contributed by atoms with Crippen LogP contribution in [0.15, 0.2) is 18.2 Å². The number of anilines is 2. The van der Waals surface area contributed by atoms with Gasteiger partial charge in [0.1, 0.15) is 18.5 Å². The zero-order chi connectivity index (χ0) is 22.1. The Bertz CT molecular complexity index is 867. The number of carbonyl (C=O) groups is 3. The van der Waals surface area contributed by atoms with E-state index in [9.17, 15) is 18.8 Å². The molecule has 0 bridgehead atoms. The molecular weight excluding hydrogens is 407 g/mol. The Morgan fingerprint density at radius 2 is 1.90 bits per heavy atom. The number of cyclic esters (lactones) is 1. The number of rotatable bonds is 6. The molecule has 1 aromatic carbocycles. The Morgan fingerprint density at radius 1 is 1.19 bits per heavy atom. The molecule has 3 atom stereocenters. The minimum atomic E-state index is -0.556. The second kappa shape index (κ2) is 8.70. The minimum absolute atomic E-state index is 0.00621. The van der Waals surface area contributed by atoms with Gasteiger partial charge in [0, 0.05) is 52.0 Å². The van der Waals surface area contributed by atoms with E-state index in [1.54, 1.807) is 12.1 Å². The van der Waals surface area contributed by atoms with Crippen molar-refractivity contribution in [2.75, 3.05) is 62.8 Å². The van der Waals surface area contributed by atoms with Crippen molar-refractivity contribution in [3.63, 3.8) is 0 Å². The zero-order valence-electron chi connectivity index (χ0n) is 17.7. The monoisotopic (exact) mass is 434 g/mol. The molecule has 0 unspecified atom stereocenters. The smallest absolute Gasteiger partial charge is 0.414 e. The first kappa shape index (κ1) is 21.4. The maximum absolute atomic E-state index is 15.0. The van der Waals surface area contributed by atoms with Gasteiger partial charge in [0.05, 0.1) is 24.5 Å². The molecule has 168 valence electrons. The molecule has 0 aromatic heterocycles. The number of nitrogens with one attached hydrogen (secondary N) is 1. The van der Waals surface area contributed by atoms with Crippen LogP contribution in [0.1, 0.15) is 6.92 Å². The highest BCUT2D eigenvalue weighted by Crippen LogP contribution is 2.36. The lowest BCUT2D eigenvalue weighted by Crippen LogP contribution is -2.35. The molecule has 4 rings (SSSR count). The van der Waals surface area contributed by atoms with Crippen molar-refractivity contribution >= 4 is 29.3 Å². The number of hydrogen-bond donors (Lipinski definition) is 1. The number of methoxy groups -OCH3 is 1. The van der Waals surface area contributed by atoms with Gasteiger partial charge in [0.2, 0.25) is 11.8 Å². The topological polar surface area (TPSA) is 91.4 Å². The second-order valence-electron chi connectivity index (χ2n) is 8.35. The van der Waals surface area contributed by atoms with Crippen molar-refractivity contribution in [1.82, 2.24) is 10.2 Å². The van der Waals surface area contributed by atoms with Crippen LogP contribution in [0.2, 0.25) is 0 Å². The molecule has 1 aromatic rings. The van der Waals surface area contributed by atoms with Crippen LogP contribution in [-0.2, 0) is 19.1 Å². The Morgan fingerprint density at radius 3 is 2.52 bits per heavy atom. The van der Waals surface area contributed by atoms with Crippen molar-refractivity contribution in [1.29, 1.82) is 0 Å². The summed E-state index contributed by atoms with van der Waals surface area (Å²) in [6.07, 6.45) is -1.03. The summed E-state index contributed by atoms with van der Waals surface area (Å²) in [7, 11) is 1.51. The maximum atomic E-state index is 15.0. The van der Waals surface area contributed by atoms with Gasteiger partial charge in [-0.15, -0.1) is 0 Å². The summed E-state index contributed by atoms with van der Waals surface area (Å²) in [5, 5.41) is 2.62. The first-order chi connectivity index (χ1) is 14.9. The summed E-state index contributed by atoms with van der Waals surface area (Å²) in [6, 6.07) is 4.75. The fourth-order valence-corrected chi connectivity index (χ4v) is 4.62. The van der Waals surface area contributed by atoms with E-state index in [1.165, 1.54) is 25.0 Å². The van der Waals surface area contributed by atoms with E-state index in [-0.39, 0.29) is 31.5 Å². The Labute approximate surface area is 180 Å². The van der Waals surface area contributed by atoms with Crippen LogP contribution in [0.4, 0.5) is 20.6 Å². The van der Waals surface area contributed by atoms with E-state index in [0.29, 0.717) is 49.4 Å². The Kier molecular flexibility index (Phi) is 5.99. The summed E-state index contributed by atoms with van der Waals surface area (Å²) in [5.74, 6) is 0.00797. The number of nitrogens with zero attached hydrogens (tertiary/aromatic N) is 3. The van der Waals surface area contributed by atoms with Gasteiger partial charge in [-0.05, 0) is 18.2 Å². The number of carbonyl (C=O) groups excluding carboxylic acids is 3. The summed E-state index contributed by atoms with van der Waals surface area (Å²) in [6.45, 7) is 4.64. The number of fused-ring (bicyclic) bond motifs is 1. The molecule has 3 fully saturated rings. The van der Waals surface area contributed by atoms with E-state index in [2.05, 4.69) is 5.32 Å². The van der Waals surface area contributed by atoms with Gasteiger partial charge >= 0.3 is 6.09 Å². The van der Waals surface area contributed by atoms with E-state index < -0.39 is 18.0 Å². The number of ether oxygens (including phenoxy) is 2. The van der Waals surface area contributed by atoms with Crippen molar-refractivity contribution in [3.8, 4) is 0 Å². The molecule has 9 nitrogen and oxygen atoms in total. The highest BCUT2D eigenvalue weighted by atomic mass is 19.1. The van der Waals surface area contributed by atoms with Crippen LogP contribution in [0.5, 0.6) is 0 Å². The van der Waals surface area contributed by atoms with E-state index in [0.717, 1.165) is 0 Å². The van der Waals surface area contributed by atoms with Gasteiger partial charge in [0.15, 0.2) is 0 Å². The van der Waals surface area contributed by atoms with E-state index in [1.807, 2.05) is 9.80 Å². The first-order valence-corrected chi connectivity index (χ1v) is 10.4. The van der Waals surface area contributed by atoms with Crippen molar-refractivity contribution in [2.24, 2.45) is 11.8 Å². The number of benzene rings is 1. The van der Waals surface area contributed by atoms with Crippen molar-refractivity contribution in [3.05, 3.63) is 24.0 Å². The van der Waals surface area contributed by atoms with Crippen LogP contribution in [0.3, 0.4) is 0 Å². The molecule has 3 aliphatic heterocycles. The van der Waals surface area contributed by atoms with Crippen LogP contribution in [-0.4, -0.2) is 81.9 Å². The quantitative estimate of drug-likeness (QED) is 0.713. The molecule has 0 radical (unpaired) electrons. The molecule has 1 N–H and O–H groups in total. The van der Waals surface area contributed by atoms with Crippen LogP contribution in [0.25, 0.3) is 0 Å². The Balaban J connectivity index is 1.38. The van der Waals surface area contributed by atoms with Crippen molar-refractivity contribution in [2.45, 2.75) is 13.0 Å². The van der Waals surface area contributed by atoms with Crippen LogP contribution in [0, 0.1) is 17.7 Å². The largest absolute Gasteiger partial charge is 0.442 e. The summed E-state index contributed by atoms with van der Waals surface area (Å²) < 4.78 is 25.1. The van der Waals surface area contributed by atoms with Crippen molar-refractivity contribution < 1.29 is 28.2 Å². The number of halogens is 1. The summed E-state index contributed by atoms with van der Waals surface area (Å²) >= 11 is 0. The third-order valence-electron chi connectivity index (χ3n) is 6.14. The third-order valence-corrected chi connectivity index (χ3v) is 6.14. The fraction of sp³-hybridized carbons (Fsp3) is 0.571. The van der Waals surface area contributed by atoms with E-state index >= 15 is 0 Å². The number of amides is 3. The first-order valence-electron chi connectivity index (χ1n) is 10.4. The third kappa shape index (κ3) is 4.43. The fourth-order valence-electron chi connectivity index (χ4n) is 4.62. The molecule has 31 heavy (non-hydrogen) atoms. The van der Waals surface area contributed by atoms with Gasteiger partial charge in [-0.1, -0.05) is 0 Å². The SMILES string of the molecule is COCC(=O)N1C[C@@H]2CN(c3ccc(N4C[C@H](CNC(C)=O)OC4=O)cc3F)C[C@@H]2C1. The molecule has 3 saturated heterocycles. The van der Waals surface area contributed by atoms with Gasteiger partial charge in [0.25, 0.3) is 0 Å². The summed E-state index contributed by atoms with van der Waals surface area (Å²) in [5.41, 5.74) is 0.919. The standard InChI is InChI=1S/C21H27FN4O5/c1-13(27)23-6-17-11-26(21(29)31-17)16-3-4-19(18(22)5-16)24-7-14-9-25(10-15(14)8-24)20(28)12-30-2/h3-5,14-15,17H,6-12H2,1-2H3,(H,23,27)/t14-,15+,17-/m0/s1. The zero-order valence-corrected chi connectivity index (χ0v) is 17.7. The second-order valence-corrected chi connectivity index (χ2v) is 8.35. The van der Waals surface area contributed by atoms with Gasteiger partial charge in [-0.25, -0.2) is 9.18 Å². The lowest BCUT2D eigenvalue weighted by molar-refractivity contribution is -0.134. The van der Waals surface area contributed by atoms with Gasteiger partial charge < -0.3 is 24.6 Å². The Hall–Kier alpha value is -2.88. The number of hydrogen-bond acceptors (Lipinski definition) is 6. The van der Waals surface area contributed by atoms with Gasteiger partial charge in [-0.2, -0.15) is 0 Å². The molecule has 3 aliphatic rings. The number of likely N-dealkylation sites (tertiary alicyclic amines) is 1. The average molecular weight is 434 g/mol. The molecule has 3 amide bonds. The van der Waals surface area contributed by atoms with Crippen LogP contribution >= 0.6 is 0 Å². The molecule has 0 spiro atoms.